The number of hydrogen-bond donors (Lipinski definition) is 2. The number of aromatic nitrogens is 4. The maximum atomic E-state index is 11.6. The molecular weight excluding hydrogens is 318 g/mol. The zero-order valence-electron chi connectivity index (χ0n) is 15.2. The van der Waals surface area contributed by atoms with Gasteiger partial charge in [0.15, 0.2) is 0 Å². The van der Waals surface area contributed by atoms with Crippen LogP contribution in [0.15, 0.2) is 17.2 Å². The van der Waals surface area contributed by atoms with E-state index in [4.69, 9.17) is 4.74 Å². The van der Waals surface area contributed by atoms with Crippen molar-refractivity contribution in [1.82, 2.24) is 25.1 Å². The topological polar surface area (TPSA) is 84.8 Å². The van der Waals surface area contributed by atoms with Crippen LogP contribution in [0.2, 0.25) is 0 Å². The summed E-state index contributed by atoms with van der Waals surface area (Å²) >= 11 is 0. The number of methoxy groups -OCH3 is 1. The van der Waals surface area contributed by atoms with Gasteiger partial charge in [0, 0.05) is 32.3 Å². The predicted molar refractivity (Wildman–Crippen MR) is 95.6 cm³/mol. The number of hydrogen-bond acceptors (Lipinski definition) is 5. The van der Waals surface area contributed by atoms with Crippen molar-refractivity contribution in [3.05, 3.63) is 39.8 Å². The molecule has 0 aromatic carbocycles. The number of pyridine rings is 1. The van der Waals surface area contributed by atoms with Crippen molar-refractivity contribution in [2.24, 2.45) is 13.0 Å². The molecule has 2 atom stereocenters. The normalized spacial score (nSPS) is 20.6. The third kappa shape index (κ3) is 3.92. The van der Waals surface area contributed by atoms with Crippen molar-refractivity contribution < 1.29 is 4.74 Å². The van der Waals surface area contributed by atoms with E-state index in [9.17, 15) is 4.79 Å². The Kier molecular flexibility index (Phi) is 5.53. The first-order valence-electron chi connectivity index (χ1n) is 8.91. The molecule has 25 heavy (non-hydrogen) atoms. The minimum atomic E-state index is -0.145. The summed E-state index contributed by atoms with van der Waals surface area (Å²) in [4.78, 5) is 15.8. The molecule has 1 aliphatic rings. The van der Waals surface area contributed by atoms with Crippen molar-refractivity contribution in [3.63, 3.8) is 0 Å². The van der Waals surface area contributed by atoms with Crippen molar-refractivity contribution >= 4 is 0 Å². The molecule has 2 aromatic rings. The highest BCUT2D eigenvalue weighted by atomic mass is 16.5. The molecule has 0 saturated heterocycles. The average Bonchev–Trinajstić information content (AvgIpc) is 2.94. The number of nitrogens with zero attached hydrogens (tertiary/aromatic N) is 3. The Morgan fingerprint density at radius 3 is 2.88 bits per heavy atom. The number of aromatic amines is 1. The number of ether oxygens (including phenoxy) is 1. The lowest BCUT2D eigenvalue weighted by atomic mass is 9.82. The highest BCUT2D eigenvalue weighted by Gasteiger charge is 2.26. The fourth-order valence-corrected chi connectivity index (χ4v) is 3.69. The highest BCUT2D eigenvalue weighted by molar-refractivity contribution is 5.35. The van der Waals surface area contributed by atoms with Gasteiger partial charge in [-0.1, -0.05) is 12.8 Å². The molecular formula is C18H27N5O2. The summed E-state index contributed by atoms with van der Waals surface area (Å²) in [6, 6.07) is 0.422. The molecule has 7 nitrogen and oxygen atoms in total. The molecule has 1 saturated carbocycles. The average molecular weight is 345 g/mol. The van der Waals surface area contributed by atoms with E-state index in [1.54, 1.807) is 24.9 Å². The minimum absolute atomic E-state index is 0.145. The first-order valence-corrected chi connectivity index (χ1v) is 8.91. The van der Waals surface area contributed by atoms with E-state index in [1.807, 2.05) is 6.20 Å². The second-order valence-corrected chi connectivity index (χ2v) is 6.87. The van der Waals surface area contributed by atoms with E-state index in [0.717, 1.165) is 48.5 Å². The van der Waals surface area contributed by atoms with Crippen LogP contribution in [0.4, 0.5) is 0 Å². The molecule has 3 rings (SSSR count). The van der Waals surface area contributed by atoms with Crippen LogP contribution in [-0.2, 0) is 20.0 Å². The van der Waals surface area contributed by atoms with Crippen molar-refractivity contribution in [2.75, 3.05) is 7.11 Å². The Hall–Kier alpha value is -2.15. The van der Waals surface area contributed by atoms with E-state index >= 15 is 0 Å². The molecule has 0 aliphatic heterocycles. The van der Waals surface area contributed by atoms with Gasteiger partial charge in [-0.2, -0.15) is 5.10 Å². The smallest absolute Gasteiger partial charge is 0.343 e. The number of H-pyrrole nitrogens is 1. The second-order valence-electron chi connectivity index (χ2n) is 6.87. The summed E-state index contributed by atoms with van der Waals surface area (Å²) in [6.07, 6.45) is 9.26. The summed E-state index contributed by atoms with van der Waals surface area (Å²) < 4.78 is 6.97. The molecule has 0 spiro atoms. The van der Waals surface area contributed by atoms with Crippen LogP contribution in [0, 0.1) is 12.8 Å². The van der Waals surface area contributed by atoms with E-state index in [2.05, 4.69) is 27.4 Å². The van der Waals surface area contributed by atoms with E-state index in [0.29, 0.717) is 12.0 Å². The summed E-state index contributed by atoms with van der Waals surface area (Å²) in [5.74, 6) is 2.15. The van der Waals surface area contributed by atoms with Gasteiger partial charge in [-0.15, -0.1) is 0 Å². The van der Waals surface area contributed by atoms with Crippen LogP contribution in [0.25, 0.3) is 0 Å². The molecule has 136 valence electrons. The Balaban J connectivity index is 1.67. The quantitative estimate of drug-likeness (QED) is 0.832. The highest BCUT2D eigenvalue weighted by Crippen LogP contribution is 2.28. The lowest BCUT2D eigenvalue weighted by Gasteiger charge is -2.32. The van der Waals surface area contributed by atoms with Gasteiger partial charge in [-0.25, -0.2) is 9.89 Å². The molecule has 0 unspecified atom stereocenters. The molecule has 1 aliphatic carbocycles. The second kappa shape index (κ2) is 7.82. The van der Waals surface area contributed by atoms with Gasteiger partial charge >= 0.3 is 5.69 Å². The van der Waals surface area contributed by atoms with Crippen LogP contribution in [-0.4, -0.2) is 32.9 Å². The van der Waals surface area contributed by atoms with Crippen molar-refractivity contribution in [1.29, 1.82) is 0 Å². The SMILES string of the molecule is COc1cncc(CN[C@@H]2CCCC[C@@H]2Cc2n[nH]c(=O)n2C)c1C. The van der Waals surface area contributed by atoms with E-state index in [1.165, 1.54) is 12.8 Å². The number of nitrogens with one attached hydrogen (secondary N) is 2. The summed E-state index contributed by atoms with van der Waals surface area (Å²) in [6.45, 7) is 2.84. The third-order valence-corrected chi connectivity index (χ3v) is 5.37. The molecule has 1 fully saturated rings. The summed E-state index contributed by atoms with van der Waals surface area (Å²) in [7, 11) is 3.45. The first-order chi connectivity index (χ1) is 12.1. The first kappa shape index (κ1) is 17.7. The Labute approximate surface area is 147 Å². The molecule has 0 amide bonds. The Morgan fingerprint density at radius 1 is 1.36 bits per heavy atom. The van der Waals surface area contributed by atoms with Crippen LogP contribution >= 0.6 is 0 Å². The zero-order valence-corrected chi connectivity index (χ0v) is 15.2. The van der Waals surface area contributed by atoms with Gasteiger partial charge in [-0.05, 0) is 36.8 Å². The van der Waals surface area contributed by atoms with Gasteiger partial charge in [0.25, 0.3) is 0 Å². The molecule has 0 bridgehead atoms. The van der Waals surface area contributed by atoms with Crippen LogP contribution in [0.5, 0.6) is 5.75 Å². The Bertz CT molecular complexity index is 767. The fraction of sp³-hybridized carbons (Fsp3) is 0.611. The van der Waals surface area contributed by atoms with Crippen molar-refractivity contribution in [2.45, 2.75) is 51.6 Å². The minimum Gasteiger partial charge on any atom is -0.495 e. The van der Waals surface area contributed by atoms with Crippen LogP contribution < -0.4 is 15.7 Å². The summed E-state index contributed by atoms with van der Waals surface area (Å²) in [5, 5.41) is 10.4. The molecule has 2 N–H and O–H groups in total. The molecule has 2 heterocycles. The van der Waals surface area contributed by atoms with E-state index in [-0.39, 0.29) is 5.69 Å². The maximum Gasteiger partial charge on any atom is 0.343 e. The largest absolute Gasteiger partial charge is 0.495 e. The van der Waals surface area contributed by atoms with Gasteiger partial charge in [0.05, 0.1) is 13.3 Å². The van der Waals surface area contributed by atoms with Gasteiger partial charge in [0.2, 0.25) is 0 Å². The third-order valence-electron chi connectivity index (χ3n) is 5.37. The summed E-state index contributed by atoms with van der Waals surface area (Å²) in [5.41, 5.74) is 2.15. The molecule has 0 radical (unpaired) electrons. The van der Waals surface area contributed by atoms with Crippen molar-refractivity contribution in [3.8, 4) is 5.75 Å². The van der Waals surface area contributed by atoms with Gasteiger partial charge in [-0.3, -0.25) is 9.55 Å². The van der Waals surface area contributed by atoms with Gasteiger partial charge < -0.3 is 10.1 Å². The van der Waals surface area contributed by atoms with Crippen LogP contribution in [0.3, 0.4) is 0 Å². The lowest BCUT2D eigenvalue weighted by molar-refractivity contribution is 0.254. The van der Waals surface area contributed by atoms with Crippen LogP contribution in [0.1, 0.15) is 42.6 Å². The van der Waals surface area contributed by atoms with Gasteiger partial charge in [0.1, 0.15) is 11.6 Å². The molecule has 7 heteroatoms. The Morgan fingerprint density at radius 2 is 2.16 bits per heavy atom. The number of rotatable bonds is 6. The molecule has 2 aromatic heterocycles. The predicted octanol–water partition coefficient (Wildman–Crippen LogP) is 1.71. The fourth-order valence-electron chi connectivity index (χ4n) is 3.69. The standard InChI is InChI=1S/C18H27N5O2/c1-12-14(9-19-11-16(12)25-3)10-20-15-7-5-4-6-13(15)8-17-21-22-18(24)23(17)2/h9,11,13,15,20H,4-8,10H2,1-3H3,(H,22,24)/t13-,15-/m1/s1. The zero-order chi connectivity index (χ0) is 17.8. The van der Waals surface area contributed by atoms with E-state index < -0.39 is 0 Å². The monoisotopic (exact) mass is 345 g/mol. The maximum absolute atomic E-state index is 11.6. The lowest BCUT2D eigenvalue weighted by Crippen LogP contribution is -2.39.